The van der Waals surface area contributed by atoms with Crippen LogP contribution in [-0.2, 0) is 4.74 Å². The van der Waals surface area contributed by atoms with E-state index >= 15 is 0 Å². The fourth-order valence-electron chi connectivity index (χ4n) is 2.06. The van der Waals surface area contributed by atoms with Crippen molar-refractivity contribution in [2.24, 2.45) is 5.92 Å². The van der Waals surface area contributed by atoms with E-state index in [1.54, 1.807) is 0 Å². The van der Waals surface area contributed by atoms with Gasteiger partial charge < -0.3 is 10.1 Å². The lowest BCUT2D eigenvalue weighted by Crippen LogP contribution is -2.39. The molecule has 1 unspecified atom stereocenters. The second-order valence-electron chi connectivity index (χ2n) is 4.97. The van der Waals surface area contributed by atoms with Crippen LogP contribution in [0.25, 0.3) is 0 Å². The normalized spacial score (nSPS) is 21.9. The zero-order chi connectivity index (χ0) is 11.1. The van der Waals surface area contributed by atoms with Crippen LogP contribution in [0.5, 0.6) is 0 Å². The molecule has 0 saturated heterocycles. The third kappa shape index (κ3) is 5.33. The molecule has 0 amide bonds. The van der Waals surface area contributed by atoms with Crippen molar-refractivity contribution in [1.82, 2.24) is 5.32 Å². The van der Waals surface area contributed by atoms with E-state index in [4.69, 9.17) is 4.74 Å². The van der Waals surface area contributed by atoms with Crippen molar-refractivity contribution in [2.75, 3.05) is 19.7 Å². The lowest BCUT2D eigenvalue weighted by atomic mass is 9.94. The minimum atomic E-state index is -0.0285. The van der Waals surface area contributed by atoms with Gasteiger partial charge in [0.2, 0.25) is 0 Å². The molecule has 15 heavy (non-hydrogen) atoms. The maximum absolute atomic E-state index is 5.64. The van der Waals surface area contributed by atoms with E-state index in [9.17, 15) is 0 Å². The van der Waals surface area contributed by atoms with Gasteiger partial charge in [0.1, 0.15) is 0 Å². The van der Waals surface area contributed by atoms with Crippen LogP contribution >= 0.6 is 0 Å². The summed E-state index contributed by atoms with van der Waals surface area (Å²) >= 11 is 0. The maximum Gasteiger partial charge on any atom is 0.0750 e. The summed E-state index contributed by atoms with van der Waals surface area (Å²) in [6.07, 6.45) is 8.42. The van der Waals surface area contributed by atoms with Crippen LogP contribution in [-0.4, -0.2) is 25.3 Å². The predicted octanol–water partition coefficient (Wildman–Crippen LogP) is 2.75. The summed E-state index contributed by atoms with van der Waals surface area (Å²) in [6, 6.07) is 0. The fourth-order valence-corrected chi connectivity index (χ4v) is 2.06. The van der Waals surface area contributed by atoms with Gasteiger partial charge >= 0.3 is 0 Å². The predicted molar refractivity (Wildman–Crippen MR) is 65.1 cm³/mol. The first kappa shape index (κ1) is 12.7. The summed E-state index contributed by atoms with van der Waals surface area (Å²) in [6.45, 7) is 9.20. The van der Waals surface area contributed by atoms with Gasteiger partial charge in [-0.25, -0.2) is 0 Å². The largest absolute Gasteiger partial charge is 0.375 e. The number of allylic oxidation sites excluding steroid dienone is 2. The Morgan fingerprint density at radius 3 is 2.80 bits per heavy atom. The molecule has 0 aliphatic heterocycles. The van der Waals surface area contributed by atoms with E-state index in [1.165, 1.54) is 19.3 Å². The van der Waals surface area contributed by atoms with Gasteiger partial charge in [-0.1, -0.05) is 12.2 Å². The number of ether oxygens (including phenoxy) is 1. The molecular weight excluding hydrogens is 186 g/mol. The molecule has 88 valence electrons. The molecule has 1 aliphatic rings. The molecule has 0 radical (unpaired) electrons. The van der Waals surface area contributed by atoms with Gasteiger partial charge in [0, 0.05) is 13.2 Å². The Bertz CT molecular complexity index is 199. The second-order valence-corrected chi connectivity index (χ2v) is 4.97. The maximum atomic E-state index is 5.64. The van der Waals surface area contributed by atoms with Gasteiger partial charge in [-0.15, -0.1) is 0 Å². The van der Waals surface area contributed by atoms with Crippen molar-refractivity contribution in [3.05, 3.63) is 12.2 Å². The molecule has 1 aliphatic carbocycles. The molecule has 2 heteroatoms. The summed E-state index contributed by atoms with van der Waals surface area (Å²) in [5.41, 5.74) is -0.0285. The molecule has 0 aromatic heterocycles. The Morgan fingerprint density at radius 2 is 2.20 bits per heavy atom. The van der Waals surface area contributed by atoms with E-state index in [1.807, 2.05) is 6.92 Å². The van der Waals surface area contributed by atoms with E-state index in [0.717, 1.165) is 25.6 Å². The first-order valence-electron chi connectivity index (χ1n) is 6.14. The summed E-state index contributed by atoms with van der Waals surface area (Å²) in [7, 11) is 0. The Morgan fingerprint density at radius 1 is 1.40 bits per heavy atom. The average molecular weight is 211 g/mol. The topological polar surface area (TPSA) is 21.3 Å². The molecule has 0 fully saturated rings. The van der Waals surface area contributed by atoms with Crippen LogP contribution < -0.4 is 5.32 Å². The van der Waals surface area contributed by atoms with Crippen LogP contribution in [0.2, 0.25) is 0 Å². The van der Waals surface area contributed by atoms with Crippen LogP contribution in [0.3, 0.4) is 0 Å². The van der Waals surface area contributed by atoms with Crippen molar-refractivity contribution in [1.29, 1.82) is 0 Å². The highest BCUT2D eigenvalue weighted by Gasteiger charge is 2.17. The summed E-state index contributed by atoms with van der Waals surface area (Å²) in [5, 5.41) is 3.52. The summed E-state index contributed by atoms with van der Waals surface area (Å²) < 4.78 is 5.64. The number of nitrogens with one attached hydrogen (secondary N) is 1. The quantitative estimate of drug-likeness (QED) is 0.682. The molecule has 0 heterocycles. The van der Waals surface area contributed by atoms with Gasteiger partial charge in [0.15, 0.2) is 0 Å². The highest BCUT2D eigenvalue weighted by atomic mass is 16.5. The lowest BCUT2D eigenvalue weighted by molar-refractivity contribution is -0.00926. The van der Waals surface area contributed by atoms with Crippen LogP contribution in [0.15, 0.2) is 12.2 Å². The van der Waals surface area contributed by atoms with E-state index < -0.39 is 0 Å². The van der Waals surface area contributed by atoms with Crippen LogP contribution in [0, 0.1) is 5.92 Å². The molecule has 1 N–H and O–H groups in total. The fraction of sp³-hybridized carbons (Fsp3) is 0.846. The van der Waals surface area contributed by atoms with E-state index in [2.05, 4.69) is 31.3 Å². The third-order valence-corrected chi connectivity index (χ3v) is 2.90. The summed E-state index contributed by atoms with van der Waals surface area (Å²) in [4.78, 5) is 0. The molecule has 2 nitrogen and oxygen atoms in total. The minimum absolute atomic E-state index is 0.0285. The highest BCUT2D eigenvalue weighted by molar-refractivity contribution is 4.90. The first-order valence-corrected chi connectivity index (χ1v) is 6.14. The molecule has 0 bridgehead atoms. The van der Waals surface area contributed by atoms with Gasteiger partial charge in [0.25, 0.3) is 0 Å². The average Bonchev–Trinajstić information content (AvgIpc) is 2.19. The molecule has 0 aromatic carbocycles. The third-order valence-electron chi connectivity index (χ3n) is 2.90. The lowest BCUT2D eigenvalue weighted by Gasteiger charge is -2.26. The zero-order valence-electron chi connectivity index (χ0n) is 10.4. The van der Waals surface area contributed by atoms with Gasteiger partial charge in [-0.05, 0) is 52.5 Å². The van der Waals surface area contributed by atoms with Crippen molar-refractivity contribution in [3.63, 3.8) is 0 Å². The zero-order valence-corrected chi connectivity index (χ0v) is 10.4. The second kappa shape index (κ2) is 6.29. The standard InChI is InChI=1S/C13H25NO/c1-4-15-13(2,3)11-14-10-12-8-6-5-7-9-12/h5-6,12,14H,4,7-11H2,1-3H3. The van der Waals surface area contributed by atoms with Crippen molar-refractivity contribution in [2.45, 2.75) is 45.6 Å². The molecule has 0 spiro atoms. The molecule has 0 saturated carbocycles. The Hall–Kier alpha value is -0.340. The Balaban J connectivity index is 2.12. The van der Waals surface area contributed by atoms with E-state index in [-0.39, 0.29) is 5.60 Å². The van der Waals surface area contributed by atoms with Crippen LogP contribution in [0.1, 0.15) is 40.0 Å². The number of hydrogen-bond donors (Lipinski definition) is 1. The van der Waals surface area contributed by atoms with Crippen molar-refractivity contribution < 1.29 is 4.74 Å². The van der Waals surface area contributed by atoms with Crippen molar-refractivity contribution >= 4 is 0 Å². The molecule has 0 aromatic rings. The summed E-state index contributed by atoms with van der Waals surface area (Å²) in [5.74, 6) is 0.826. The van der Waals surface area contributed by atoms with Crippen LogP contribution in [0.4, 0.5) is 0 Å². The number of hydrogen-bond acceptors (Lipinski definition) is 2. The Labute approximate surface area is 94.1 Å². The first-order chi connectivity index (χ1) is 7.14. The van der Waals surface area contributed by atoms with Crippen molar-refractivity contribution in [3.8, 4) is 0 Å². The SMILES string of the molecule is CCOC(C)(C)CNCC1CC=CCC1. The number of rotatable bonds is 6. The van der Waals surface area contributed by atoms with Gasteiger partial charge in [0.05, 0.1) is 5.60 Å². The van der Waals surface area contributed by atoms with Gasteiger partial charge in [-0.3, -0.25) is 0 Å². The smallest absolute Gasteiger partial charge is 0.0750 e. The Kier molecular flexibility index (Phi) is 5.34. The van der Waals surface area contributed by atoms with Gasteiger partial charge in [-0.2, -0.15) is 0 Å². The molecular formula is C13H25NO. The highest BCUT2D eigenvalue weighted by Crippen LogP contribution is 2.17. The molecule has 1 rings (SSSR count). The monoisotopic (exact) mass is 211 g/mol. The van der Waals surface area contributed by atoms with E-state index in [0.29, 0.717) is 0 Å². The minimum Gasteiger partial charge on any atom is -0.375 e. The molecule has 1 atom stereocenters.